The van der Waals surface area contributed by atoms with Crippen LogP contribution < -0.4 is 34.7 Å². The van der Waals surface area contributed by atoms with Crippen molar-refractivity contribution in [3.8, 4) is 5.69 Å². The van der Waals surface area contributed by atoms with Gasteiger partial charge < -0.3 is 25.0 Å². The predicted octanol–water partition coefficient (Wildman–Crippen LogP) is 0.0430. The number of halogens is 2. The van der Waals surface area contributed by atoms with Crippen molar-refractivity contribution < 1.29 is 63.2 Å². The van der Waals surface area contributed by atoms with Crippen molar-refractivity contribution in [2.45, 2.75) is 71.1 Å². The molecule has 1 amide bonds. The minimum absolute atomic E-state index is 0. The number of aliphatic hydroxyl groups excluding tert-OH is 2. The van der Waals surface area contributed by atoms with Crippen LogP contribution in [-0.4, -0.2) is 56.0 Å². The predicted molar refractivity (Wildman–Crippen MR) is 139 cm³/mol. The third kappa shape index (κ3) is 8.44. The van der Waals surface area contributed by atoms with Crippen molar-refractivity contribution in [3.63, 3.8) is 0 Å². The standard InChI is InChI=1S/C29H35F2N3O5.Na/c1-17(2)27-25(13-12-22(35)14-23(36)15-26(37)38)34(21-10-8-20(30)9-11-21)32-28(27)29(39)33(4)16-19-6-5-7-24(31)18(19)3;/h5-11,17,22-23,35-36H,12-16H2,1-4H3,(H,37,38);/q;+1/p-1. The monoisotopic (exact) mass is 565 g/mol. The van der Waals surface area contributed by atoms with E-state index in [-0.39, 0.29) is 78.7 Å². The van der Waals surface area contributed by atoms with E-state index in [1.165, 1.54) is 35.2 Å². The number of aromatic nitrogens is 2. The first-order valence-corrected chi connectivity index (χ1v) is 12.8. The fourth-order valence-electron chi connectivity index (χ4n) is 4.61. The molecule has 210 valence electrons. The van der Waals surface area contributed by atoms with Gasteiger partial charge in [-0.1, -0.05) is 26.0 Å². The number of aliphatic carboxylic acids is 1. The van der Waals surface area contributed by atoms with Crippen LogP contribution in [-0.2, 0) is 17.8 Å². The fraction of sp³-hybridized carbons (Fsp3) is 0.414. The Morgan fingerprint density at radius 2 is 1.73 bits per heavy atom. The van der Waals surface area contributed by atoms with E-state index in [0.29, 0.717) is 28.1 Å². The zero-order valence-corrected chi connectivity index (χ0v) is 25.5. The number of carboxylic acids is 1. The van der Waals surface area contributed by atoms with E-state index >= 15 is 0 Å². The molecule has 0 aliphatic rings. The van der Waals surface area contributed by atoms with Gasteiger partial charge in [0.05, 0.1) is 17.9 Å². The van der Waals surface area contributed by atoms with Crippen LogP contribution in [0.2, 0.25) is 0 Å². The van der Waals surface area contributed by atoms with Crippen LogP contribution >= 0.6 is 0 Å². The van der Waals surface area contributed by atoms with Crippen LogP contribution in [0.25, 0.3) is 5.69 Å². The Balaban J connectivity index is 0.00000560. The summed E-state index contributed by atoms with van der Waals surface area (Å²) in [5.74, 6) is -2.74. The summed E-state index contributed by atoms with van der Waals surface area (Å²) in [6.45, 7) is 5.62. The summed E-state index contributed by atoms with van der Waals surface area (Å²) < 4.78 is 29.3. The number of carbonyl (C=O) groups is 2. The minimum Gasteiger partial charge on any atom is -0.550 e. The molecule has 0 bridgehead atoms. The normalized spacial score (nSPS) is 12.6. The van der Waals surface area contributed by atoms with Gasteiger partial charge in [-0.15, -0.1) is 0 Å². The van der Waals surface area contributed by atoms with Gasteiger partial charge in [0.25, 0.3) is 5.91 Å². The quantitative estimate of drug-likeness (QED) is 0.300. The molecule has 0 saturated heterocycles. The molecule has 40 heavy (non-hydrogen) atoms. The maximum absolute atomic E-state index is 14.1. The summed E-state index contributed by atoms with van der Waals surface area (Å²) in [6, 6.07) is 10.3. The SMILES string of the molecule is Cc1c(F)cccc1CN(C)C(=O)c1nn(-c2ccc(F)cc2)c(CCC(O)CC(O)CC(=O)[O-])c1C(C)C.[Na+]. The summed E-state index contributed by atoms with van der Waals surface area (Å²) in [6.07, 6.45) is -2.61. The zero-order chi connectivity index (χ0) is 28.9. The molecule has 0 aliphatic heterocycles. The molecule has 0 radical (unpaired) electrons. The van der Waals surface area contributed by atoms with Crippen LogP contribution in [0.15, 0.2) is 42.5 Å². The van der Waals surface area contributed by atoms with E-state index < -0.39 is 30.4 Å². The van der Waals surface area contributed by atoms with E-state index in [1.54, 1.807) is 30.8 Å². The molecule has 8 nitrogen and oxygen atoms in total. The number of hydrogen-bond donors (Lipinski definition) is 2. The van der Waals surface area contributed by atoms with E-state index in [0.717, 1.165) is 0 Å². The Morgan fingerprint density at radius 1 is 1.07 bits per heavy atom. The van der Waals surface area contributed by atoms with Crippen molar-refractivity contribution >= 4 is 11.9 Å². The van der Waals surface area contributed by atoms with Gasteiger partial charge in [0.1, 0.15) is 11.6 Å². The van der Waals surface area contributed by atoms with E-state index in [9.17, 15) is 33.7 Å². The van der Waals surface area contributed by atoms with Crippen molar-refractivity contribution in [1.82, 2.24) is 14.7 Å². The van der Waals surface area contributed by atoms with Gasteiger partial charge in [0, 0.05) is 37.2 Å². The molecule has 2 atom stereocenters. The van der Waals surface area contributed by atoms with Crippen molar-refractivity contribution in [3.05, 3.63) is 82.2 Å². The smallest absolute Gasteiger partial charge is 0.550 e. The van der Waals surface area contributed by atoms with E-state index in [1.807, 2.05) is 13.8 Å². The number of rotatable bonds is 12. The molecular weight excluding hydrogens is 531 g/mol. The van der Waals surface area contributed by atoms with Crippen molar-refractivity contribution in [2.75, 3.05) is 7.05 Å². The van der Waals surface area contributed by atoms with Crippen LogP contribution in [0.3, 0.4) is 0 Å². The average Bonchev–Trinajstić information content (AvgIpc) is 3.24. The number of amides is 1. The number of carbonyl (C=O) groups excluding carboxylic acids is 2. The van der Waals surface area contributed by atoms with Crippen LogP contribution in [0, 0.1) is 18.6 Å². The number of benzene rings is 2. The Hall–Kier alpha value is -2.63. The minimum atomic E-state index is -1.41. The summed E-state index contributed by atoms with van der Waals surface area (Å²) in [5.41, 5.74) is 3.09. The van der Waals surface area contributed by atoms with Gasteiger partial charge in [-0.05, 0) is 73.6 Å². The molecule has 1 heterocycles. The number of nitrogens with zero attached hydrogens (tertiary/aromatic N) is 3. The molecule has 0 saturated carbocycles. The van der Waals surface area contributed by atoms with Crippen molar-refractivity contribution in [1.29, 1.82) is 0 Å². The van der Waals surface area contributed by atoms with E-state index in [4.69, 9.17) is 0 Å². The van der Waals surface area contributed by atoms with Gasteiger partial charge in [-0.25, -0.2) is 13.5 Å². The largest absolute Gasteiger partial charge is 1.00 e. The first-order valence-electron chi connectivity index (χ1n) is 12.8. The first kappa shape index (κ1) is 33.6. The molecule has 3 aromatic rings. The molecule has 2 N–H and O–H groups in total. The summed E-state index contributed by atoms with van der Waals surface area (Å²) in [5, 5.41) is 35.7. The third-order valence-corrected chi connectivity index (χ3v) is 6.67. The number of carboxylic acid groups (broad SMARTS) is 1. The molecule has 0 spiro atoms. The molecule has 3 rings (SSSR count). The Kier molecular flexibility index (Phi) is 12.5. The second-order valence-electron chi connectivity index (χ2n) is 10.1. The Bertz CT molecular complexity index is 1310. The van der Waals surface area contributed by atoms with Gasteiger partial charge in [-0.3, -0.25) is 4.79 Å². The maximum atomic E-state index is 14.1. The topological polar surface area (TPSA) is 119 Å². The fourth-order valence-corrected chi connectivity index (χ4v) is 4.61. The second-order valence-corrected chi connectivity index (χ2v) is 10.1. The van der Waals surface area contributed by atoms with Crippen molar-refractivity contribution in [2.24, 2.45) is 0 Å². The summed E-state index contributed by atoms with van der Waals surface area (Å²) in [4.78, 5) is 25.9. The molecule has 11 heteroatoms. The number of hydrogen-bond acceptors (Lipinski definition) is 6. The Morgan fingerprint density at radius 3 is 2.33 bits per heavy atom. The zero-order valence-electron chi connectivity index (χ0n) is 23.5. The van der Waals surface area contributed by atoms with Crippen LogP contribution in [0.4, 0.5) is 8.78 Å². The van der Waals surface area contributed by atoms with Gasteiger partial charge in [0.15, 0.2) is 5.69 Å². The maximum Gasteiger partial charge on any atom is 1.00 e. The molecular formula is C29H34F2N3NaO5. The Labute approximate surface area is 254 Å². The van der Waals surface area contributed by atoms with Crippen LogP contribution in [0.1, 0.15) is 71.9 Å². The molecule has 2 unspecified atom stereocenters. The molecule has 1 aromatic heterocycles. The summed E-state index contributed by atoms with van der Waals surface area (Å²) in [7, 11) is 1.61. The molecule has 0 aliphatic carbocycles. The van der Waals surface area contributed by atoms with Gasteiger partial charge >= 0.3 is 29.6 Å². The second kappa shape index (κ2) is 14.8. The van der Waals surface area contributed by atoms with Gasteiger partial charge in [0.2, 0.25) is 0 Å². The third-order valence-electron chi connectivity index (χ3n) is 6.67. The molecule has 0 fully saturated rings. The summed E-state index contributed by atoms with van der Waals surface area (Å²) >= 11 is 0. The number of aliphatic hydroxyl groups is 2. The van der Waals surface area contributed by atoms with Gasteiger partial charge in [-0.2, -0.15) is 5.10 Å². The van der Waals surface area contributed by atoms with Crippen LogP contribution in [0.5, 0.6) is 0 Å². The van der Waals surface area contributed by atoms with E-state index in [2.05, 4.69) is 5.10 Å². The molecule has 2 aromatic carbocycles. The first-order chi connectivity index (χ1) is 18.4. The average molecular weight is 566 g/mol.